The van der Waals surface area contributed by atoms with Crippen LogP contribution in [0.3, 0.4) is 0 Å². The second-order valence-electron chi connectivity index (χ2n) is 7.38. The summed E-state index contributed by atoms with van der Waals surface area (Å²) in [5.41, 5.74) is 2.27. The van der Waals surface area contributed by atoms with Crippen LogP contribution in [0.2, 0.25) is 0 Å². The first-order valence-electron chi connectivity index (χ1n) is 10.1. The molecule has 0 bridgehead atoms. The van der Waals surface area contributed by atoms with Crippen LogP contribution in [0.1, 0.15) is 22.5 Å². The summed E-state index contributed by atoms with van der Waals surface area (Å²) in [7, 11) is 0. The van der Waals surface area contributed by atoms with Gasteiger partial charge >= 0.3 is 0 Å². The van der Waals surface area contributed by atoms with E-state index in [9.17, 15) is 14.9 Å². The molecule has 10 nitrogen and oxygen atoms in total. The largest absolute Gasteiger partial charge is 0.369 e. The molecule has 1 aliphatic heterocycles. The topological polar surface area (TPSA) is 110 Å². The Morgan fingerprint density at radius 2 is 1.87 bits per heavy atom. The van der Waals surface area contributed by atoms with Crippen LogP contribution >= 0.6 is 0 Å². The van der Waals surface area contributed by atoms with Gasteiger partial charge in [-0.1, -0.05) is 6.07 Å². The van der Waals surface area contributed by atoms with E-state index in [0.29, 0.717) is 24.5 Å². The molecule has 3 aromatic rings. The Hall–Kier alpha value is -3.66. The van der Waals surface area contributed by atoms with Crippen molar-refractivity contribution in [1.82, 2.24) is 24.6 Å². The average Bonchev–Trinajstić information content (AvgIpc) is 3.20. The number of non-ortho nitro benzene ring substituents is 1. The highest BCUT2D eigenvalue weighted by molar-refractivity contribution is 5.97. The molecule has 3 heterocycles. The van der Waals surface area contributed by atoms with Crippen LogP contribution in [-0.4, -0.2) is 68.1 Å². The summed E-state index contributed by atoms with van der Waals surface area (Å²) in [6.07, 6.45) is 5.25. The van der Waals surface area contributed by atoms with Gasteiger partial charge in [0.1, 0.15) is 0 Å². The van der Waals surface area contributed by atoms with Crippen molar-refractivity contribution in [2.75, 3.05) is 37.6 Å². The van der Waals surface area contributed by atoms with Gasteiger partial charge < -0.3 is 4.90 Å². The van der Waals surface area contributed by atoms with Crippen LogP contribution in [0.5, 0.6) is 0 Å². The number of nitro groups is 1. The summed E-state index contributed by atoms with van der Waals surface area (Å²) in [4.78, 5) is 36.1. The standard InChI is InChI=1S/C21H23N7O3/c1-16-19(15-24-27(16)21-22-7-3-8-23-21)20(29)6-9-25-10-12-26(13-11-25)17-4-2-5-18(14-17)28(30)31/h2-5,7-8,14-15H,6,9-13H2,1H3. The van der Waals surface area contributed by atoms with Gasteiger partial charge in [-0.05, 0) is 19.1 Å². The number of piperazine rings is 1. The molecule has 160 valence electrons. The highest BCUT2D eigenvalue weighted by atomic mass is 16.6. The molecule has 0 amide bonds. The summed E-state index contributed by atoms with van der Waals surface area (Å²) in [5.74, 6) is 0.483. The Morgan fingerprint density at radius 1 is 1.13 bits per heavy atom. The monoisotopic (exact) mass is 421 g/mol. The fraction of sp³-hybridized carbons (Fsp3) is 0.333. The van der Waals surface area contributed by atoms with Crippen molar-refractivity contribution in [3.05, 3.63) is 70.3 Å². The Bertz CT molecular complexity index is 1080. The molecular weight excluding hydrogens is 398 g/mol. The molecule has 2 aromatic heterocycles. The lowest BCUT2D eigenvalue weighted by Crippen LogP contribution is -2.46. The van der Waals surface area contributed by atoms with Crippen LogP contribution in [0.4, 0.5) is 11.4 Å². The van der Waals surface area contributed by atoms with Gasteiger partial charge in [0, 0.05) is 69.4 Å². The first-order valence-corrected chi connectivity index (χ1v) is 10.1. The van der Waals surface area contributed by atoms with Crippen molar-refractivity contribution in [3.63, 3.8) is 0 Å². The fourth-order valence-electron chi connectivity index (χ4n) is 3.71. The number of anilines is 1. The minimum Gasteiger partial charge on any atom is -0.369 e. The fourth-order valence-corrected chi connectivity index (χ4v) is 3.71. The van der Waals surface area contributed by atoms with Gasteiger partial charge in [0.15, 0.2) is 5.78 Å². The highest BCUT2D eigenvalue weighted by Crippen LogP contribution is 2.22. The maximum Gasteiger partial charge on any atom is 0.271 e. The van der Waals surface area contributed by atoms with E-state index in [4.69, 9.17) is 0 Å². The van der Waals surface area contributed by atoms with E-state index in [-0.39, 0.29) is 16.4 Å². The minimum absolute atomic E-state index is 0.0424. The lowest BCUT2D eigenvalue weighted by molar-refractivity contribution is -0.384. The second kappa shape index (κ2) is 9.00. The van der Waals surface area contributed by atoms with E-state index in [1.807, 2.05) is 13.0 Å². The Balaban J connectivity index is 1.31. The predicted molar refractivity (Wildman–Crippen MR) is 115 cm³/mol. The molecule has 1 aromatic carbocycles. The third-order valence-corrected chi connectivity index (χ3v) is 5.48. The van der Waals surface area contributed by atoms with Crippen LogP contribution in [-0.2, 0) is 0 Å². The summed E-state index contributed by atoms with van der Waals surface area (Å²) in [6.45, 7) is 5.62. The van der Waals surface area contributed by atoms with Crippen LogP contribution in [0.25, 0.3) is 5.95 Å². The van der Waals surface area contributed by atoms with Gasteiger partial charge in [0.2, 0.25) is 0 Å². The molecule has 1 saturated heterocycles. The molecule has 0 aliphatic carbocycles. The highest BCUT2D eigenvalue weighted by Gasteiger charge is 2.21. The van der Waals surface area contributed by atoms with Crippen molar-refractivity contribution < 1.29 is 9.72 Å². The van der Waals surface area contributed by atoms with Crippen molar-refractivity contribution in [1.29, 1.82) is 0 Å². The van der Waals surface area contributed by atoms with Crippen molar-refractivity contribution in [3.8, 4) is 5.95 Å². The Kier molecular flexibility index (Phi) is 5.99. The van der Waals surface area contributed by atoms with Crippen molar-refractivity contribution in [2.24, 2.45) is 0 Å². The summed E-state index contributed by atoms with van der Waals surface area (Å²) in [5, 5.41) is 15.3. The van der Waals surface area contributed by atoms with E-state index < -0.39 is 0 Å². The number of hydrogen-bond acceptors (Lipinski definition) is 8. The summed E-state index contributed by atoms with van der Waals surface area (Å²) in [6, 6.07) is 8.44. The second-order valence-corrected chi connectivity index (χ2v) is 7.38. The third kappa shape index (κ3) is 4.58. The molecule has 10 heteroatoms. The molecule has 4 rings (SSSR count). The lowest BCUT2D eigenvalue weighted by Gasteiger charge is -2.35. The van der Waals surface area contributed by atoms with Crippen LogP contribution in [0, 0.1) is 17.0 Å². The maximum atomic E-state index is 12.7. The van der Waals surface area contributed by atoms with Crippen LogP contribution < -0.4 is 4.90 Å². The number of nitro benzene ring substituents is 1. The lowest BCUT2D eigenvalue weighted by atomic mass is 10.1. The molecule has 31 heavy (non-hydrogen) atoms. The third-order valence-electron chi connectivity index (χ3n) is 5.48. The number of ketones is 1. The van der Waals surface area contributed by atoms with Crippen LogP contribution in [0.15, 0.2) is 48.9 Å². The molecule has 0 radical (unpaired) electrons. The van der Waals surface area contributed by atoms with E-state index in [1.54, 1.807) is 41.5 Å². The van der Waals surface area contributed by atoms with E-state index in [2.05, 4.69) is 24.9 Å². The van der Waals surface area contributed by atoms with Crippen molar-refractivity contribution in [2.45, 2.75) is 13.3 Å². The predicted octanol–water partition coefficient (Wildman–Crippen LogP) is 2.27. The smallest absolute Gasteiger partial charge is 0.271 e. The first-order chi connectivity index (χ1) is 15.0. The van der Waals surface area contributed by atoms with E-state index >= 15 is 0 Å². The molecule has 0 atom stereocenters. The minimum atomic E-state index is -0.376. The molecule has 1 fully saturated rings. The molecule has 0 spiro atoms. The molecule has 0 N–H and O–H groups in total. The normalized spacial score (nSPS) is 14.5. The SMILES string of the molecule is Cc1c(C(=O)CCN2CCN(c3cccc([N+](=O)[O-])c3)CC2)cnn1-c1ncccn1. The number of carbonyl (C=O) groups is 1. The molecule has 0 saturated carbocycles. The van der Waals surface area contributed by atoms with Gasteiger partial charge in [0.05, 0.1) is 22.4 Å². The van der Waals surface area contributed by atoms with E-state index in [1.165, 1.54) is 6.07 Å². The maximum absolute atomic E-state index is 12.7. The van der Waals surface area contributed by atoms with E-state index in [0.717, 1.165) is 37.6 Å². The zero-order valence-corrected chi connectivity index (χ0v) is 17.2. The molecule has 0 unspecified atom stereocenters. The molecular formula is C21H23N7O3. The van der Waals surface area contributed by atoms with Gasteiger partial charge in [0.25, 0.3) is 11.6 Å². The summed E-state index contributed by atoms with van der Waals surface area (Å²) < 4.78 is 1.57. The number of hydrogen-bond donors (Lipinski definition) is 0. The quantitative estimate of drug-likeness (QED) is 0.325. The number of rotatable bonds is 7. The zero-order valence-electron chi connectivity index (χ0n) is 17.2. The first kappa shape index (κ1) is 20.6. The average molecular weight is 421 g/mol. The van der Waals surface area contributed by atoms with Gasteiger partial charge in [-0.2, -0.15) is 5.10 Å². The summed E-state index contributed by atoms with van der Waals surface area (Å²) >= 11 is 0. The van der Waals surface area contributed by atoms with Gasteiger partial charge in [-0.15, -0.1) is 0 Å². The number of aromatic nitrogens is 4. The number of benzene rings is 1. The Morgan fingerprint density at radius 3 is 2.58 bits per heavy atom. The number of Topliss-reactive ketones (excluding diaryl/α,β-unsaturated/α-hetero) is 1. The van der Waals surface area contributed by atoms with Gasteiger partial charge in [-0.25, -0.2) is 14.6 Å². The van der Waals surface area contributed by atoms with Crippen molar-refractivity contribution >= 4 is 17.2 Å². The number of nitrogens with zero attached hydrogens (tertiary/aromatic N) is 7. The zero-order chi connectivity index (χ0) is 21.8. The molecule has 1 aliphatic rings. The Labute approximate surface area is 179 Å². The van der Waals surface area contributed by atoms with Gasteiger partial charge in [-0.3, -0.25) is 19.8 Å². The number of carbonyl (C=O) groups excluding carboxylic acids is 1.